The van der Waals surface area contributed by atoms with E-state index in [0.717, 1.165) is 16.8 Å². The molecule has 126 valence electrons. The third-order valence-electron chi connectivity index (χ3n) is 3.90. The minimum Gasteiger partial charge on any atom is -0.462 e. The molecular weight excluding hydrogens is 317 g/mol. The average molecular weight is 335 g/mol. The molecule has 0 radical (unpaired) electrons. The number of hydrogen-bond acceptors (Lipinski definition) is 3. The summed E-state index contributed by atoms with van der Waals surface area (Å²) in [5.41, 5.74) is 4.12. The number of aromatic nitrogens is 1. The van der Waals surface area contributed by atoms with Crippen molar-refractivity contribution >= 4 is 5.97 Å². The number of aryl methyl sites for hydroxylation is 1. The lowest BCUT2D eigenvalue weighted by molar-refractivity contribution is 0.0526. The summed E-state index contributed by atoms with van der Waals surface area (Å²) < 4.78 is 18.5. The molecule has 1 aromatic heterocycles. The average Bonchev–Trinajstić information content (AvgIpc) is 2.62. The van der Waals surface area contributed by atoms with Crippen LogP contribution >= 0.6 is 0 Å². The lowest BCUT2D eigenvalue weighted by atomic mass is 9.96. The number of esters is 1. The lowest BCUT2D eigenvalue weighted by Crippen LogP contribution is -2.10. The Labute approximate surface area is 146 Å². The van der Waals surface area contributed by atoms with E-state index in [1.165, 1.54) is 12.1 Å². The van der Waals surface area contributed by atoms with Gasteiger partial charge in [-0.15, -0.1) is 0 Å². The highest BCUT2D eigenvalue weighted by Crippen LogP contribution is 2.31. The predicted octanol–water partition coefficient (Wildman–Crippen LogP) is 5.04. The summed E-state index contributed by atoms with van der Waals surface area (Å²) in [6.07, 6.45) is 0. The standard InChI is InChI=1S/C21H18FNO2/c1-3-25-21(24)20-14(2)23-19(16-7-5-4-6-8-16)13-18(20)15-9-11-17(22)12-10-15/h4-13H,3H2,1-2H3. The van der Waals surface area contributed by atoms with E-state index >= 15 is 0 Å². The fourth-order valence-electron chi connectivity index (χ4n) is 2.75. The molecule has 2 aromatic carbocycles. The van der Waals surface area contributed by atoms with E-state index < -0.39 is 5.97 Å². The summed E-state index contributed by atoms with van der Waals surface area (Å²) in [6.45, 7) is 3.82. The highest BCUT2D eigenvalue weighted by atomic mass is 19.1. The molecule has 0 atom stereocenters. The minimum absolute atomic E-state index is 0.279. The van der Waals surface area contributed by atoms with E-state index in [4.69, 9.17) is 4.74 Å². The van der Waals surface area contributed by atoms with E-state index in [9.17, 15) is 9.18 Å². The molecule has 3 rings (SSSR count). The molecule has 0 N–H and O–H groups in total. The first-order valence-electron chi connectivity index (χ1n) is 8.10. The van der Waals surface area contributed by atoms with Crippen LogP contribution in [-0.4, -0.2) is 17.6 Å². The Kier molecular flexibility index (Phi) is 4.89. The van der Waals surface area contributed by atoms with Crippen molar-refractivity contribution in [1.82, 2.24) is 4.98 Å². The normalized spacial score (nSPS) is 10.5. The van der Waals surface area contributed by atoms with Crippen molar-refractivity contribution in [3.63, 3.8) is 0 Å². The Hall–Kier alpha value is -3.01. The second-order valence-electron chi connectivity index (χ2n) is 5.61. The molecule has 0 aliphatic heterocycles. The van der Waals surface area contributed by atoms with Crippen molar-refractivity contribution in [2.75, 3.05) is 6.61 Å². The summed E-state index contributed by atoms with van der Waals surface area (Å²) in [7, 11) is 0. The fourth-order valence-corrected chi connectivity index (χ4v) is 2.75. The molecule has 0 saturated heterocycles. The van der Waals surface area contributed by atoms with Crippen LogP contribution in [0.2, 0.25) is 0 Å². The van der Waals surface area contributed by atoms with Crippen molar-refractivity contribution in [3.05, 3.63) is 77.7 Å². The van der Waals surface area contributed by atoms with Crippen molar-refractivity contribution in [1.29, 1.82) is 0 Å². The minimum atomic E-state index is -0.425. The van der Waals surface area contributed by atoms with Gasteiger partial charge in [0.25, 0.3) is 0 Å². The van der Waals surface area contributed by atoms with Gasteiger partial charge in [-0.1, -0.05) is 42.5 Å². The van der Waals surface area contributed by atoms with Gasteiger partial charge in [0.1, 0.15) is 5.82 Å². The van der Waals surface area contributed by atoms with E-state index in [0.29, 0.717) is 16.8 Å². The predicted molar refractivity (Wildman–Crippen MR) is 95.8 cm³/mol. The molecule has 0 unspecified atom stereocenters. The van der Waals surface area contributed by atoms with Crippen LogP contribution in [0.25, 0.3) is 22.4 Å². The molecule has 0 spiro atoms. The van der Waals surface area contributed by atoms with Crippen LogP contribution in [-0.2, 0) is 4.74 Å². The quantitative estimate of drug-likeness (QED) is 0.627. The Bertz CT molecular complexity index is 890. The number of halogens is 1. The monoisotopic (exact) mass is 335 g/mol. The zero-order valence-corrected chi connectivity index (χ0v) is 14.1. The number of pyridine rings is 1. The van der Waals surface area contributed by atoms with Gasteiger partial charge in [0, 0.05) is 11.1 Å². The lowest BCUT2D eigenvalue weighted by Gasteiger charge is -2.14. The maximum atomic E-state index is 13.3. The molecule has 3 aromatic rings. The summed E-state index contributed by atoms with van der Waals surface area (Å²) in [5, 5.41) is 0. The van der Waals surface area contributed by atoms with E-state index in [2.05, 4.69) is 4.98 Å². The highest BCUT2D eigenvalue weighted by molar-refractivity contribution is 5.99. The third-order valence-corrected chi connectivity index (χ3v) is 3.90. The van der Waals surface area contributed by atoms with Crippen LogP contribution in [0.15, 0.2) is 60.7 Å². The molecule has 0 aliphatic carbocycles. The van der Waals surface area contributed by atoms with Crippen molar-refractivity contribution < 1.29 is 13.9 Å². The second-order valence-corrected chi connectivity index (χ2v) is 5.61. The van der Waals surface area contributed by atoms with Crippen molar-refractivity contribution in [3.8, 4) is 22.4 Å². The van der Waals surface area contributed by atoms with Crippen LogP contribution in [0, 0.1) is 12.7 Å². The van der Waals surface area contributed by atoms with Gasteiger partial charge < -0.3 is 4.74 Å². The Balaban J connectivity index is 2.21. The summed E-state index contributed by atoms with van der Waals surface area (Å²) in [4.78, 5) is 17.0. The molecule has 25 heavy (non-hydrogen) atoms. The first kappa shape index (κ1) is 16.8. The number of rotatable bonds is 4. The zero-order chi connectivity index (χ0) is 17.8. The smallest absolute Gasteiger partial charge is 0.340 e. The van der Waals surface area contributed by atoms with Gasteiger partial charge in [-0.2, -0.15) is 0 Å². The van der Waals surface area contributed by atoms with Gasteiger partial charge in [-0.3, -0.25) is 4.98 Å². The van der Waals surface area contributed by atoms with E-state index in [-0.39, 0.29) is 12.4 Å². The van der Waals surface area contributed by atoms with E-state index in [1.807, 2.05) is 36.4 Å². The van der Waals surface area contributed by atoms with Gasteiger partial charge in [0.15, 0.2) is 0 Å². The first-order valence-corrected chi connectivity index (χ1v) is 8.10. The van der Waals surface area contributed by atoms with Gasteiger partial charge in [-0.05, 0) is 37.6 Å². The number of carbonyl (C=O) groups is 1. The topological polar surface area (TPSA) is 39.2 Å². The molecular formula is C21H18FNO2. The summed E-state index contributed by atoms with van der Waals surface area (Å²) in [5.74, 6) is -0.748. The number of hydrogen-bond donors (Lipinski definition) is 0. The number of benzene rings is 2. The Morgan fingerprint density at radius 3 is 2.36 bits per heavy atom. The molecule has 1 heterocycles. The maximum Gasteiger partial charge on any atom is 0.340 e. The third kappa shape index (κ3) is 3.58. The van der Waals surface area contributed by atoms with E-state index in [1.54, 1.807) is 26.0 Å². The van der Waals surface area contributed by atoms with Gasteiger partial charge >= 0.3 is 5.97 Å². The zero-order valence-electron chi connectivity index (χ0n) is 14.1. The molecule has 0 amide bonds. The van der Waals surface area contributed by atoms with Crippen molar-refractivity contribution in [2.24, 2.45) is 0 Å². The molecule has 3 nitrogen and oxygen atoms in total. The Morgan fingerprint density at radius 1 is 1.04 bits per heavy atom. The van der Waals surface area contributed by atoms with Crippen LogP contribution in [0.3, 0.4) is 0 Å². The summed E-state index contributed by atoms with van der Waals surface area (Å²) >= 11 is 0. The maximum absolute atomic E-state index is 13.3. The summed E-state index contributed by atoms with van der Waals surface area (Å²) in [6, 6.07) is 17.6. The van der Waals surface area contributed by atoms with Crippen LogP contribution < -0.4 is 0 Å². The van der Waals surface area contributed by atoms with Crippen molar-refractivity contribution in [2.45, 2.75) is 13.8 Å². The number of carbonyl (C=O) groups excluding carboxylic acids is 1. The van der Waals surface area contributed by atoms with Crippen LogP contribution in [0.5, 0.6) is 0 Å². The van der Waals surface area contributed by atoms with Gasteiger partial charge in [-0.25, -0.2) is 9.18 Å². The van der Waals surface area contributed by atoms with Gasteiger partial charge in [0.05, 0.1) is 23.6 Å². The fraction of sp³-hybridized carbons (Fsp3) is 0.143. The Morgan fingerprint density at radius 2 is 1.72 bits per heavy atom. The number of ether oxygens (including phenoxy) is 1. The molecule has 0 saturated carbocycles. The number of nitrogens with zero attached hydrogens (tertiary/aromatic N) is 1. The SMILES string of the molecule is CCOC(=O)c1c(-c2ccc(F)cc2)cc(-c2ccccc2)nc1C. The molecule has 0 aliphatic rings. The first-order chi connectivity index (χ1) is 12.1. The highest BCUT2D eigenvalue weighted by Gasteiger charge is 2.20. The largest absolute Gasteiger partial charge is 0.462 e. The molecule has 0 fully saturated rings. The van der Waals surface area contributed by atoms with Gasteiger partial charge in [0.2, 0.25) is 0 Å². The molecule has 4 heteroatoms. The van der Waals surface area contributed by atoms with Crippen LogP contribution in [0.4, 0.5) is 4.39 Å². The van der Waals surface area contributed by atoms with Crippen LogP contribution in [0.1, 0.15) is 23.0 Å². The second kappa shape index (κ2) is 7.26. The molecule has 0 bridgehead atoms.